The zero-order valence-corrected chi connectivity index (χ0v) is 21.4. The minimum Gasteiger partial charge on any atom is -0.497 e. The number of nitrogens with zero attached hydrogens (tertiary/aromatic N) is 1. The SMILES string of the molecule is COc1ccc(CCCCCCOc2ccc(CC(O)c3cccc(C(=O)O)c3)nc2/C=C/C(=O)O)cc1. The van der Waals surface area contributed by atoms with Crippen LogP contribution < -0.4 is 9.47 Å². The highest BCUT2D eigenvalue weighted by molar-refractivity contribution is 5.87. The molecule has 1 unspecified atom stereocenters. The Hall–Kier alpha value is -4.17. The molecule has 38 heavy (non-hydrogen) atoms. The third-order valence-corrected chi connectivity index (χ3v) is 6.02. The molecule has 0 fully saturated rings. The monoisotopic (exact) mass is 519 g/mol. The fraction of sp³-hybridized carbons (Fsp3) is 0.300. The molecular formula is C30H33NO7. The number of hydrogen-bond acceptors (Lipinski definition) is 6. The second kappa shape index (κ2) is 14.5. The number of carbonyl (C=O) groups is 2. The maximum Gasteiger partial charge on any atom is 0.335 e. The van der Waals surface area contributed by atoms with E-state index < -0.39 is 18.0 Å². The van der Waals surface area contributed by atoms with E-state index in [9.17, 15) is 19.8 Å². The molecule has 0 aliphatic rings. The van der Waals surface area contributed by atoms with Gasteiger partial charge in [0.25, 0.3) is 0 Å². The third-order valence-electron chi connectivity index (χ3n) is 6.02. The highest BCUT2D eigenvalue weighted by Gasteiger charge is 2.14. The van der Waals surface area contributed by atoms with Gasteiger partial charge in [-0.25, -0.2) is 14.6 Å². The van der Waals surface area contributed by atoms with E-state index >= 15 is 0 Å². The molecule has 8 heteroatoms. The standard InChI is InChI=1S/C30H33NO7/c1-37-25-13-10-21(11-14-25)7-4-2-3-5-18-38-28-16-12-24(31-26(28)15-17-29(33)34)20-27(32)22-8-6-9-23(19-22)30(35)36/h6,8-17,19,27,32H,2-5,7,18,20H2,1H3,(H,33,34)(H,35,36)/b17-15+. The zero-order valence-electron chi connectivity index (χ0n) is 21.4. The minimum atomic E-state index is -1.11. The van der Waals surface area contributed by atoms with Crippen molar-refractivity contribution in [1.82, 2.24) is 4.98 Å². The zero-order chi connectivity index (χ0) is 27.3. The van der Waals surface area contributed by atoms with Crippen LogP contribution in [0.2, 0.25) is 0 Å². The van der Waals surface area contributed by atoms with Crippen LogP contribution in [0.4, 0.5) is 0 Å². The summed E-state index contributed by atoms with van der Waals surface area (Å²) in [5.41, 5.74) is 2.71. The molecule has 1 atom stereocenters. The van der Waals surface area contributed by atoms with Crippen molar-refractivity contribution in [2.24, 2.45) is 0 Å². The first-order valence-corrected chi connectivity index (χ1v) is 12.5. The lowest BCUT2D eigenvalue weighted by Gasteiger charge is -2.14. The molecule has 3 N–H and O–H groups in total. The average molecular weight is 520 g/mol. The Kier molecular flexibility index (Phi) is 10.9. The molecule has 1 heterocycles. The molecule has 8 nitrogen and oxygen atoms in total. The summed E-state index contributed by atoms with van der Waals surface area (Å²) in [7, 11) is 1.66. The Balaban J connectivity index is 1.53. The second-order valence-corrected chi connectivity index (χ2v) is 8.87. The van der Waals surface area contributed by atoms with Crippen molar-refractivity contribution in [2.45, 2.75) is 44.6 Å². The molecule has 0 amide bonds. The van der Waals surface area contributed by atoms with Crippen LogP contribution in [-0.4, -0.2) is 46.0 Å². The molecule has 0 saturated heterocycles. The molecule has 0 aliphatic carbocycles. The van der Waals surface area contributed by atoms with Crippen molar-refractivity contribution >= 4 is 18.0 Å². The van der Waals surface area contributed by atoms with Crippen molar-refractivity contribution in [1.29, 1.82) is 0 Å². The first kappa shape index (κ1) is 28.4. The van der Waals surface area contributed by atoms with E-state index in [1.165, 1.54) is 23.8 Å². The summed E-state index contributed by atoms with van der Waals surface area (Å²) in [5, 5.41) is 28.9. The normalized spacial score (nSPS) is 11.8. The van der Waals surface area contributed by atoms with E-state index in [-0.39, 0.29) is 12.0 Å². The summed E-state index contributed by atoms with van der Waals surface area (Å²) < 4.78 is 11.1. The molecule has 0 spiro atoms. The van der Waals surface area contributed by atoms with Gasteiger partial charge in [0.15, 0.2) is 0 Å². The maximum atomic E-state index is 11.2. The fourth-order valence-electron chi connectivity index (χ4n) is 3.96. The first-order chi connectivity index (χ1) is 18.4. The number of aromatic nitrogens is 1. The van der Waals surface area contributed by atoms with Crippen LogP contribution in [0.3, 0.4) is 0 Å². The number of aliphatic hydroxyl groups is 1. The summed E-state index contributed by atoms with van der Waals surface area (Å²) >= 11 is 0. The Labute approximate surface area is 222 Å². The Morgan fingerprint density at radius 2 is 1.74 bits per heavy atom. The number of carboxylic acid groups (broad SMARTS) is 2. The predicted molar refractivity (Wildman–Crippen MR) is 144 cm³/mol. The average Bonchev–Trinajstić information content (AvgIpc) is 2.92. The van der Waals surface area contributed by atoms with E-state index in [1.807, 2.05) is 12.1 Å². The van der Waals surface area contributed by atoms with E-state index in [0.29, 0.717) is 29.3 Å². The highest BCUT2D eigenvalue weighted by atomic mass is 16.5. The number of ether oxygens (including phenoxy) is 2. The van der Waals surface area contributed by atoms with Gasteiger partial charge in [0.2, 0.25) is 0 Å². The lowest BCUT2D eigenvalue weighted by atomic mass is 10.0. The maximum absolute atomic E-state index is 11.2. The number of aliphatic hydroxyl groups excluding tert-OH is 1. The largest absolute Gasteiger partial charge is 0.497 e. The summed E-state index contributed by atoms with van der Waals surface area (Å²) in [4.78, 5) is 26.8. The van der Waals surface area contributed by atoms with Crippen LogP contribution in [0.5, 0.6) is 11.5 Å². The smallest absolute Gasteiger partial charge is 0.335 e. The van der Waals surface area contributed by atoms with Crippen molar-refractivity contribution < 1.29 is 34.4 Å². The van der Waals surface area contributed by atoms with Gasteiger partial charge in [-0.15, -0.1) is 0 Å². The lowest BCUT2D eigenvalue weighted by Crippen LogP contribution is -2.07. The van der Waals surface area contributed by atoms with Crippen molar-refractivity contribution in [3.8, 4) is 11.5 Å². The van der Waals surface area contributed by atoms with Gasteiger partial charge in [-0.2, -0.15) is 0 Å². The van der Waals surface area contributed by atoms with E-state index in [0.717, 1.165) is 43.9 Å². The Morgan fingerprint density at radius 1 is 0.974 bits per heavy atom. The fourth-order valence-corrected chi connectivity index (χ4v) is 3.96. The van der Waals surface area contributed by atoms with Crippen molar-refractivity contribution in [2.75, 3.05) is 13.7 Å². The van der Waals surface area contributed by atoms with Gasteiger partial charge in [-0.1, -0.05) is 37.1 Å². The van der Waals surface area contributed by atoms with Gasteiger partial charge in [-0.05, 0) is 72.9 Å². The number of aliphatic carboxylic acids is 1. The van der Waals surface area contributed by atoms with Gasteiger partial charge >= 0.3 is 11.9 Å². The Morgan fingerprint density at radius 3 is 2.45 bits per heavy atom. The number of benzene rings is 2. The van der Waals surface area contributed by atoms with Crippen LogP contribution in [0, 0.1) is 0 Å². The number of rotatable bonds is 15. The van der Waals surface area contributed by atoms with Crippen molar-refractivity contribution in [3.63, 3.8) is 0 Å². The minimum absolute atomic E-state index is 0.0871. The summed E-state index contributed by atoms with van der Waals surface area (Å²) in [5.74, 6) is -0.859. The van der Waals surface area contributed by atoms with Gasteiger partial charge in [0.05, 0.1) is 25.4 Å². The number of unbranched alkanes of at least 4 members (excludes halogenated alkanes) is 3. The molecule has 0 saturated carbocycles. The first-order valence-electron chi connectivity index (χ1n) is 12.5. The van der Waals surface area contributed by atoms with E-state index in [2.05, 4.69) is 17.1 Å². The topological polar surface area (TPSA) is 126 Å². The summed E-state index contributed by atoms with van der Waals surface area (Å²) in [6, 6.07) is 17.6. The summed E-state index contributed by atoms with van der Waals surface area (Å²) in [6.07, 6.45) is 6.53. The second-order valence-electron chi connectivity index (χ2n) is 8.87. The van der Waals surface area contributed by atoms with Crippen LogP contribution in [0.25, 0.3) is 6.08 Å². The molecule has 2 aromatic carbocycles. The van der Waals surface area contributed by atoms with Crippen LogP contribution in [0.15, 0.2) is 66.7 Å². The number of pyridine rings is 1. The molecule has 200 valence electrons. The number of aryl methyl sites for hydroxylation is 1. The number of methoxy groups -OCH3 is 1. The van der Waals surface area contributed by atoms with Gasteiger partial charge in [0.1, 0.15) is 17.2 Å². The van der Waals surface area contributed by atoms with Crippen LogP contribution in [-0.2, 0) is 17.6 Å². The predicted octanol–water partition coefficient (Wildman–Crippen LogP) is 5.34. The molecule has 0 radical (unpaired) electrons. The molecule has 3 aromatic rings. The quantitative estimate of drug-likeness (QED) is 0.181. The van der Waals surface area contributed by atoms with E-state index in [1.54, 1.807) is 31.4 Å². The van der Waals surface area contributed by atoms with Gasteiger partial charge in [0, 0.05) is 18.2 Å². The summed E-state index contributed by atoms with van der Waals surface area (Å²) in [6.45, 7) is 0.474. The van der Waals surface area contributed by atoms with Crippen LogP contribution in [0.1, 0.15) is 64.7 Å². The number of hydrogen-bond donors (Lipinski definition) is 3. The molecule has 1 aromatic heterocycles. The molecular weight excluding hydrogens is 486 g/mol. The molecule has 0 bridgehead atoms. The Bertz CT molecular complexity index is 1240. The van der Waals surface area contributed by atoms with Gasteiger partial charge < -0.3 is 24.8 Å². The third kappa shape index (κ3) is 9.05. The highest BCUT2D eigenvalue weighted by Crippen LogP contribution is 2.24. The van der Waals surface area contributed by atoms with Gasteiger partial charge in [-0.3, -0.25) is 0 Å². The molecule has 0 aliphatic heterocycles. The van der Waals surface area contributed by atoms with E-state index in [4.69, 9.17) is 14.6 Å². The lowest BCUT2D eigenvalue weighted by molar-refractivity contribution is -0.131. The van der Waals surface area contributed by atoms with Crippen LogP contribution >= 0.6 is 0 Å². The number of carboxylic acids is 2. The van der Waals surface area contributed by atoms with Crippen molar-refractivity contribution in [3.05, 3.63) is 94.8 Å². The molecule has 3 rings (SSSR count). The number of aromatic carboxylic acids is 1.